The first kappa shape index (κ1) is 8.54. The first-order chi connectivity index (χ1) is 6.11. The Morgan fingerprint density at radius 2 is 2.00 bits per heavy atom. The van der Waals surface area contributed by atoms with Gasteiger partial charge >= 0.3 is 0 Å². The average Bonchev–Trinajstić information content (AvgIpc) is 2.35. The highest BCUT2D eigenvalue weighted by molar-refractivity contribution is 6.01. The summed E-state index contributed by atoms with van der Waals surface area (Å²) < 4.78 is 0. The van der Waals surface area contributed by atoms with Crippen molar-refractivity contribution >= 4 is 5.78 Å². The topological polar surface area (TPSA) is 32.9 Å². The Labute approximate surface area is 78.4 Å². The monoisotopic (exact) mass is 177 g/mol. The molecule has 1 aromatic heterocycles. The molecule has 1 N–H and O–H groups in total. The molecular weight excluding hydrogens is 162 g/mol. The number of carbonyl (C=O) groups is 1. The number of Topliss-reactive ketones (excluding diaryl/α,β-unsaturated/α-hetero) is 1. The van der Waals surface area contributed by atoms with E-state index in [1.54, 1.807) is 0 Å². The third-order valence-electron chi connectivity index (χ3n) is 3.03. The fourth-order valence-corrected chi connectivity index (χ4v) is 2.22. The van der Waals surface area contributed by atoms with Crippen LogP contribution in [0.15, 0.2) is 0 Å². The summed E-state index contributed by atoms with van der Waals surface area (Å²) in [6.45, 7) is 6.06. The minimum atomic E-state index is 0.210. The van der Waals surface area contributed by atoms with Crippen LogP contribution >= 0.6 is 0 Å². The van der Waals surface area contributed by atoms with Crippen molar-refractivity contribution in [1.29, 1.82) is 0 Å². The van der Waals surface area contributed by atoms with E-state index < -0.39 is 0 Å². The molecule has 2 heteroatoms. The molecule has 1 atom stereocenters. The van der Waals surface area contributed by atoms with E-state index in [0.717, 1.165) is 24.1 Å². The predicted molar refractivity (Wildman–Crippen MR) is 52.1 cm³/mol. The zero-order valence-corrected chi connectivity index (χ0v) is 8.40. The van der Waals surface area contributed by atoms with Crippen molar-refractivity contribution < 1.29 is 4.79 Å². The van der Waals surface area contributed by atoms with E-state index in [1.165, 1.54) is 11.3 Å². The van der Waals surface area contributed by atoms with Gasteiger partial charge in [-0.25, -0.2) is 0 Å². The van der Waals surface area contributed by atoms with Crippen molar-refractivity contribution in [2.24, 2.45) is 5.92 Å². The van der Waals surface area contributed by atoms with Crippen molar-refractivity contribution in [3.05, 3.63) is 22.5 Å². The maximum absolute atomic E-state index is 11.8. The Balaban J connectivity index is 2.59. The number of aryl methyl sites for hydroxylation is 2. The number of H-pyrrole nitrogens is 1. The van der Waals surface area contributed by atoms with Crippen molar-refractivity contribution in [2.45, 2.75) is 33.6 Å². The Kier molecular flexibility index (Phi) is 1.79. The van der Waals surface area contributed by atoms with Crippen LogP contribution in [0.3, 0.4) is 0 Å². The lowest BCUT2D eigenvalue weighted by molar-refractivity contribution is 0.0913. The van der Waals surface area contributed by atoms with E-state index in [0.29, 0.717) is 5.78 Å². The van der Waals surface area contributed by atoms with E-state index in [-0.39, 0.29) is 5.92 Å². The number of rotatable bonds is 0. The van der Waals surface area contributed by atoms with Gasteiger partial charge in [-0.05, 0) is 32.3 Å². The van der Waals surface area contributed by atoms with Gasteiger partial charge in [-0.15, -0.1) is 0 Å². The van der Waals surface area contributed by atoms with Gasteiger partial charge in [0.05, 0.1) is 0 Å². The minimum absolute atomic E-state index is 0.210. The predicted octanol–water partition coefficient (Wildman–Crippen LogP) is 2.40. The van der Waals surface area contributed by atoms with Gasteiger partial charge in [0, 0.05) is 22.9 Å². The van der Waals surface area contributed by atoms with E-state index in [4.69, 9.17) is 0 Å². The fourth-order valence-electron chi connectivity index (χ4n) is 2.22. The van der Waals surface area contributed by atoms with Crippen LogP contribution in [0.25, 0.3) is 0 Å². The Morgan fingerprint density at radius 1 is 1.31 bits per heavy atom. The molecule has 1 aromatic rings. The summed E-state index contributed by atoms with van der Waals surface area (Å²) in [4.78, 5) is 15.1. The summed E-state index contributed by atoms with van der Waals surface area (Å²) in [5, 5.41) is 0. The Hall–Kier alpha value is -1.05. The number of carbonyl (C=O) groups excluding carboxylic acids is 1. The molecule has 1 aliphatic carbocycles. The largest absolute Gasteiger partial charge is 0.362 e. The Bertz CT molecular complexity index is 362. The SMILES string of the molecule is Cc1[nH]c(C)c2c1CCC(C)C2=O. The van der Waals surface area contributed by atoms with Crippen molar-refractivity contribution in [2.75, 3.05) is 0 Å². The second-order valence-electron chi connectivity index (χ2n) is 4.03. The van der Waals surface area contributed by atoms with Gasteiger partial charge in [-0.2, -0.15) is 0 Å². The molecule has 0 spiro atoms. The third kappa shape index (κ3) is 1.12. The molecule has 0 aromatic carbocycles. The number of fused-ring (bicyclic) bond motifs is 1. The standard InChI is InChI=1S/C11H15NO/c1-6-4-5-9-7(2)12-8(3)10(9)11(6)13/h6,12H,4-5H2,1-3H3. The number of ketones is 1. The molecule has 1 aliphatic rings. The number of nitrogens with one attached hydrogen (secondary N) is 1. The highest BCUT2D eigenvalue weighted by Crippen LogP contribution is 2.29. The average molecular weight is 177 g/mol. The van der Waals surface area contributed by atoms with Crippen LogP contribution < -0.4 is 0 Å². The van der Waals surface area contributed by atoms with E-state index in [9.17, 15) is 4.79 Å². The van der Waals surface area contributed by atoms with Crippen LogP contribution in [0.5, 0.6) is 0 Å². The van der Waals surface area contributed by atoms with Crippen LogP contribution in [-0.4, -0.2) is 10.8 Å². The van der Waals surface area contributed by atoms with Gasteiger partial charge in [0.15, 0.2) is 5.78 Å². The lowest BCUT2D eigenvalue weighted by Gasteiger charge is -2.17. The van der Waals surface area contributed by atoms with Crippen molar-refractivity contribution in [3.63, 3.8) is 0 Å². The zero-order chi connectivity index (χ0) is 9.59. The van der Waals surface area contributed by atoms with Gasteiger partial charge in [-0.3, -0.25) is 4.79 Å². The van der Waals surface area contributed by atoms with Crippen molar-refractivity contribution in [1.82, 2.24) is 4.98 Å². The maximum Gasteiger partial charge on any atom is 0.167 e. The maximum atomic E-state index is 11.8. The van der Waals surface area contributed by atoms with Crippen LogP contribution in [0.2, 0.25) is 0 Å². The van der Waals surface area contributed by atoms with E-state index >= 15 is 0 Å². The lowest BCUT2D eigenvalue weighted by Crippen LogP contribution is -2.19. The first-order valence-electron chi connectivity index (χ1n) is 4.83. The van der Waals surface area contributed by atoms with Gasteiger partial charge < -0.3 is 4.98 Å². The van der Waals surface area contributed by atoms with Crippen LogP contribution in [0.1, 0.15) is 40.7 Å². The number of hydrogen-bond donors (Lipinski definition) is 1. The minimum Gasteiger partial charge on any atom is -0.362 e. The summed E-state index contributed by atoms with van der Waals surface area (Å²) in [6.07, 6.45) is 2.06. The molecule has 0 aliphatic heterocycles. The molecule has 0 saturated heterocycles. The second-order valence-corrected chi connectivity index (χ2v) is 4.03. The molecule has 0 saturated carbocycles. The molecule has 13 heavy (non-hydrogen) atoms. The molecule has 70 valence electrons. The summed E-state index contributed by atoms with van der Waals surface area (Å²) in [5.74, 6) is 0.532. The normalized spacial score (nSPS) is 21.8. The molecule has 0 fully saturated rings. The molecule has 0 radical (unpaired) electrons. The van der Waals surface area contributed by atoms with E-state index in [2.05, 4.69) is 11.9 Å². The van der Waals surface area contributed by atoms with Gasteiger partial charge in [0.2, 0.25) is 0 Å². The molecule has 0 bridgehead atoms. The highest BCUT2D eigenvalue weighted by Gasteiger charge is 2.27. The van der Waals surface area contributed by atoms with Crippen LogP contribution in [0.4, 0.5) is 0 Å². The number of aromatic nitrogens is 1. The molecule has 1 heterocycles. The van der Waals surface area contributed by atoms with Gasteiger partial charge in [-0.1, -0.05) is 6.92 Å². The van der Waals surface area contributed by atoms with Gasteiger partial charge in [0.25, 0.3) is 0 Å². The second kappa shape index (κ2) is 2.72. The Morgan fingerprint density at radius 3 is 2.69 bits per heavy atom. The molecule has 1 unspecified atom stereocenters. The summed E-state index contributed by atoms with van der Waals surface area (Å²) in [6, 6.07) is 0. The third-order valence-corrected chi connectivity index (χ3v) is 3.03. The summed E-state index contributed by atoms with van der Waals surface area (Å²) in [7, 11) is 0. The number of hydrogen-bond acceptors (Lipinski definition) is 1. The number of aromatic amines is 1. The van der Waals surface area contributed by atoms with Crippen LogP contribution in [0, 0.1) is 19.8 Å². The highest BCUT2D eigenvalue weighted by atomic mass is 16.1. The molecule has 0 amide bonds. The van der Waals surface area contributed by atoms with E-state index in [1.807, 2.05) is 13.8 Å². The fraction of sp³-hybridized carbons (Fsp3) is 0.545. The summed E-state index contributed by atoms with van der Waals surface area (Å²) >= 11 is 0. The van der Waals surface area contributed by atoms with Gasteiger partial charge in [0.1, 0.15) is 0 Å². The molecule has 2 rings (SSSR count). The van der Waals surface area contributed by atoms with Crippen LogP contribution in [-0.2, 0) is 6.42 Å². The first-order valence-corrected chi connectivity index (χ1v) is 4.83. The smallest absolute Gasteiger partial charge is 0.167 e. The molecule has 2 nitrogen and oxygen atoms in total. The van der Waals surface area contributed by atoms with Crippen molar-refractivity contribution in [3.8, 4) is 0 Å². The molecular formula is C11H15NO. The lowest BCUT2D eigenvalue weighted by atomic mass is 9.84. The quantitative estimate of drug-likeness (QED) is 0.648. The zero-order valence-electron chi connectivity index (χ0n) is 8.40. The summed E-state index contributed by atoms with van der Waals surface area (Å²) in [5.41, 5.74) is 4.44.